The van der Waals surface area contributed by atoms with Crippen LogP contribution in [0, 0.1) is 0 Å². The lowest BCUT2D eigenvalue weighted by Gasteiger charge is -2.21. The lowest BCUT2D eigenvalue weighted by molar-refractivity contribution is -0.00461. The minimum Gasteiger partial charge on any atom is -0.371 e. The Kier molecular flexibility index (Phi) is 4.73. The van der Waals surface area contributed by atoms with Gasteiger partial charge in [-0.05, 0) is 49.4 Å². The van der Waals surface area contributed by atoms with E-state index in [0.717, 1.165) is 29.6 Å². The van der Waals surface area contributed by atoms with Crippen LogP contribution in [0.2, 0.25) is 0 Å². The zero-order chi connectivity index (χ0) is 20.8. The number of para-hydroxylation sites is 2. The monoisotopic (exact) mass is 418 g/mol. The molecule has 3 aromatic rings. The van der Waals surface area contributed by atoms with Gasteiger partial charge in [-0.3, -0.25) is 9.78 Å². The van der Waals surface area contributed by atoms with E-state index < -0.39 is 0 Å². The van der Waals surface area contributed by atoms with Gasteiger partial charge in [-0.25, -0.2) is 4.98 Å². The fourth-order valence-corrected chi connectivity index (χ4v) is 5.06. The molecule has 0 N–H and O–H groups in total. The van der Waals surface area contributed by atoms with Crippen molar-refractivity contribution in [1.82, 2.24) is 19.4 Å². The number of hydrogen-bond acceptors (Lipinski definition) is 5. The number of likely N-dealkylation sites (tertiary alicyclic amines) is 1. The summed E-state index contributed by atoms with van der Waals surface area (Å²) in [5.41, 5.74) is 5.12. The predicted molar refractivity (Wildman–Crippen MR) is 115 cm³/mol. The Morgan fingerprint density at radius 1 is 1.00 bits per heavy atom. The van der Waals surface area contributed by atoms with E-state index in [9.17, 15) is 4.79 Å². The SMILES string of the molecule is O=C(c1cnc2c(c1)CCCC2)N1C[C@@H]2OCC(n3cnc4ccccc43)CO[C@H]2C1. The maximum Gasteiger partial charge on any atom is 0.255 e. The van der Waals surface area contributed by atoms with Crippen molar-refractivity contribution in [3.05, 3.63) is 59.7 Å². The molecule has 160 valence electrons. The molecule has 7 nitrogen and oxygen atoms in total. The highest BCUT2D eigenvalue weighted by Crippen LogP contribution is 2.28. The molecular formula is C24H26N4O3. The number of amides is 1. The van der Waals surface area contributed by atoms with Gasteiger partial charge in [0.25, 0.3) is 5.91 Å². The largest absolute Gasteiger partial charge is 0.371 e. The van der Waals surface area contributed by atoms with Crippen molar-refractivity contribution < 1.29 is 14.3 Å². The van der Waals surface area contributed by atoms with Gasteiger partial charge in [-0.15, -0.1) is 0 Å². The molecule has 4 heterocycles. The molecule has 6 rings (SSSR count). The summed E-state index contributed by atoms with van der Waals surface area (Å²) in [5, 5.41) is 0. The number of fused-ring (bicyclic) bond motifs is 3. The summed E-state index contributed by atoms with van der Waals surface area (Å²) in [6.07, 6.45) is 7.80. The fraction of sp³-hybridized carbons (Fsp3) is 0.458. The van der Waals surface area contributed by atoms with Gasteiger partial charge in [0.1, 0.15) is 12.2 Å². The van der Waals surface area contributed by atoms with Crippen LogP contribution < -0.4 is 0 Å². The van der Waals surface area contributed by atoms with E-state index in [1.165, 1.54) is 18.4 Å². The first-order valence-corrected chi connectivity index (χ1v) is 11.2. The molecule has 2 saturated heterocycles. The zero-order valence-corrected chi connectivity index (χ0v) is 17.4. The first-order valence-electron chi connectivity index (χ1n) is 11.2. The summed E-state index contributed by atoms with van der Waals surface area (Å²) >= 11 is 0. The predicted octanol–water partition coefficient (Wildman–Crippen LogP) is 2.79. The number of carbonyl (C=O) groups excluding carboxylic acids is 1. The summed E-state index contributed by atoms with van der Waals surface area (Å²) < 4.78 is 14.6. The summed E-state index contributed by atoms with van der Waals surface area (Å²) in [7, 11) is 0. The smallest absolute Gasteiger partial charge is 0.255 e. The minimum absolute atomic E-state index is 0.0262. The van der Waals surface area contributed by atoms with Gasteiger partial charge in [0, 0.05) is 25.0 Å². The zero-order valence-electron chi connectivity index (χ0n) is 17.4. The van der Waals surface area contributed by atoms with Crippen molar-refractivity contribution in [2.45, 2.75) is 43.9 Å². The maximum absolute atomic E-state index is 13.1. The highest BCUT2D eigenvalue weighted by Gasteiger charge is 2.40. The van der Waals surface area contributed by atoms with Gasteiger partial charge in [-0.1, -0.05) is 12.1 Å². The molecule has 0 unspecified atom stereocenters. The Hall–Kier alpha value is -2.77. The Balaban J connectivity index is 1.14. The number of carbonyl (C=O) groups is 1. The van der Waals surface area contributed by atoms with Gasteiger partial charge >= 0.3 is 0 Å². The number of aromatic nitrogens is 3. The number of rotatable bonds is 2. The van der Waals surface area contributed by atoms with E-state index in [1.807, 2.05) is 35.5 Å². The van der Waals surface area contributed by atoms with E-state index in [0.29, 0.717) is 31.9 Å². The number of benzene rings is 1. The molecule has 2 fully saturated rings. The molecule has 0 spiro atoms. The Bertz CT molecular complexity index is 1110. The second-order valence-electron chi connectivity index (χ2n) is 8.79. The van der Waals surface area contributed by atoms with E-state index in [1.54, 1.807) is 6.20 Å². The molecule has 2 aromatic heterocycles. The first kappa shape index (κ1) is 19.0. The standard InChI is InChI=1S/C24H26N4O3/c29-24(17-9-16-5-1-2-6-19(16)25-10-17)27-11-22-23(12-27)31-14-18(13-30-22)28-15-26-20-7-3-4-8-21(20)28/h3-4,7-10,15,18,22-23H,1-2,5-6,11-14H2/t22-,23-/m0/s1. The number of aryl methyl sites for hydroxylation is 2. The summed E-state index contributed by atoms with van der Waals surface area (Å²) in [6, 6.07) is 10.2. The third-order valence-electron chi connectivity index (χ3n) is 6.80. The van der Waals surface area contributed by atoms with Gasteiger partial charge in [0.15, 0.2) is 0 Å². The molecule has 2 aliphatic heterocycles. The summed E-state index contributed by atoms with van der Waals surface area (Å²) in [5.74, 6) is 0.0262. The lowest BCUT2D eigenvalue weighted by atomic mass is 9.95. The van der Waals surface area contributed by atoms with Crippen LogP contribution in [-0.4, -0.2) is 63.9 Å². The topological polar surface area (TPSA) is 69.5 Å². The van der Waals surface area contributed by atoms with E-state index >= 15 is 0 Å². The molecule has 31 heavy (non-hydrogen) atoms. The Morgan fingerprint density at radius 2 is 1.77 bits per heavy atom. The Morgan fingerprint density at radius 3 is 2.61 bits per heavy atom. The second-order valence-corrected chi connectivity index (χ2v) is 8.79. The first-order chi connectivity index (χ1) is 15.3. The second kappa shape index (κ2) is 7.73. The van der Waals surface area contributed by atoms with Gasteiger partial charge < -0.3 is 18.9 Å². The average Bonchev–Trinajstić information content (AvgIpc) is 3.38. The van der Waals surface area contributed by atoms with Crippen LogP contribution in [0.5, 0.6) is 0 Å². The van der Waals surface area contributed by atoms with E-state index in [2.05, 4.69) is 20.6 Å². The van der Waals surface area contributed by atoms with Crippen molar-refractivity contribution in [3.8, 4) is 0 Å². The maximum atomic E-state index is 13.1. The molecule has 1 aliphatic carbocycles. The van der Waals surface area contributed by atoms with Crippen molar-refractivity contribution in [2.75, 3.05) is 26.3 Å². The van der Waals surface area contributed by atoms with Crippen LogP contribution in [0.25, 0.3) is 11.0 Å². The number of hydrogen-bond donors (Lipinski definition) is 0. The molecule has 1 aromatic carbocycles. The highest BCUT2D eigenvalue weighted by molar-refractivity contribution is 5.94. The molecule has 3 aliphatic rings. The summed E-state index contributed by atoms with van der Waals surface area (Å²) in [6.45, 7) is 2.20. The number of ether oxygens (including phenoxy) is 2. The molecule has 0 radical (unpaired) electrons. The van der Waals surface area contributed by atoms with Crippen LogP contribution in [-0.2, 0) is 22.3 Å². The van der Waals surface area contributed by atoms with Crippen molar-refractivity contribution in [2.24, 2.45) is 0 Å². The molecule has 7 heteroatoms. The third kappa shape index (κ3) is 3.42. The number of imidazole rings is 1. The van der Waals surface area contributed by atoms with Gasteiger partial charge in [0.2, 0.25) is 0 Å². The van der Waals surface area contributed by atoms with Crippen molar-refractivity contribution in [1.29, 1.82) is 0 Å². The van der Waals surface area contributed by atoms with Crippen LogP contribution in [0.1, 0.15) is 40.5 Å². The van der Waals surface area contributed by atoms with Crippen LogP contribution in [0.4, 0.5) is 0 Å². The van der Waals surface area contributed by atoms with Crippen LogP contribution in [0.15, 0.2) is 42.9 Å². The molecule has 1 amide bonds. The Labute approximate surface area is 181 Å². The normalized spacial score (nSPS) is 24.1. The van der Waals surface area contributed by atoms with Crippen molar-refractivity contribution in [3.63, 3.8) is 0 Å². The quantitative estimate of drug-likeness (QED) is 0.640. The average molecular weight is 418 g/mol. The number of nitrogens with zero attached hydrogens (tertiary/aromatic N) is 4. The molecular weight excluding hydrogens is 392 g/mol. The molecule has 0 bridgehead atoms. The van der Waals surface area contributed by atoms with Crippen LogP contribution >= 0.6 is 0 Å². The van der Waals surface area contributed by atoms with Gasteiger partial charge in [0.05, 0.1) is 42.2 Å². The molecule has 2 atom stereocenters. The molecule has 0 saturated carbocycles. The minimum atomic E-state index is -0.102. The van der Waals surface area contributed by atoms with E-state index in [4.69, 9.17) is 9.47 Å². The summed E-state index contributed by atoms with van der Waals surface area (Å²) in [4.78, 5) is 24.0. The number of pyridine rings is 1. The van der Waals surface area contributed by atoms with Crippen molar-refractivity contribution >= 4 is 16.9 Å². The van der Waals surface area contributed by atoms with E-state index in [-0.39, 0.29) is 24.2 Å². The highest BCUT2D eigenvalue weighted by atomic mass is 16.6. The third-order valence-corrected chi connectivity index (χ3v) is 6.80. The fourth-order valence-electron chi connectivity index (χ4n) is 5.06. The lowest BCUT2D eigenvalue weighted by Crippen LogP contribution is -2.31. The van der Waals surface area contributed by atoms with Gasteiger partial charge in [-0.2, -0.15) is 0 Å². The van der Waals surface area contributed by atoms with Crippen LogP contribution in [0.3, 0.4) is 0 Å².